The molecule has 5 rings (SSSR count). The second-order valence-corrected chi connectivity index (χ2v) is 7.97. The molecule has 0 bridgehead atoms. The Bertz CT molecular complexity index is 1200. The predicted molar refractivity (Wildman–Crippen MR) is 116 cm³/mol. The van der Waals surface area contributed by atoms with Crippen molar-refractivity contribution < 1.29 is 5.11 Å². The number of β-amino-alcohol motifs (C(OH)–C–C–N with tert-alkyl or cyclic N) is 1. The Morgan fingerprint density at radius 1 is 0.966 bits per heavy atom. The van der Waals surface area contributed by atoms with Crippen molar-refractivity contribution in [1.29, 1.82) is 0 Å². The number of benzene rings is 3. The third-order valence-electron chi connectivity index (χ3n) is 6.14. The van der Waals surface area contributed by atoms with E-state index >= 15 is 0 Å². The van der Waals surface area contributed by atoms with Gasteiger partial charge in [-0.2, -0.15) is 0 Å². The molecule has 1 atom stereocenters. The van der Waals surface area contributed by atoms with Gasteiger partial charge in [0.1, 0.15) is 0 Å². The van der Waals surface area contributed by atoms with Crippen LogP contribution in [-0.4, -0.2) is 39.2 Å². The Morgan fingerprint density at radius 3 is 2.52 bits per heavy atom. The van der Waals surface area contributed by atoms with Crippen molar-refractivity contribution in [3.63, 3.8) is 0 Å². The maximum absolute atomic E-state index is 12.4. The van der Waals surface area contributed by atoms with Crippen molar-refractivity contribution in [3.05, 3.63) is 82.8 Å². The number of nitrogens with one attached hydrogen (secondary N) is 1. The largest absolute Gasteiger partial charge is 0.387 e. The van der Waals surface area contributed by atoms with Gasteiger partial charge >= 0.3 is 5.69 Å². The number of fused-ring (bicyclic) bond motifs is 2. The third kappa shape index (κ3) is 3.48. The number of H-pyrrole nitrogens is 1. The number of para-hydroxylation sites is 2. The lowest BCUT2D eigenvalue weighted by Gasteiger charge is -2.33. The molecule has 29 heavy (non-hydrogen) atoms. The average Bonchev–Trinajstić information content (AvgIpc) is 3.09. The van der Waals surface area contributed by atoms with Gasteiger partial charge in [-0.15, -0.1) is 0 Å². The second kappa shape index (κ2) is 7.50. The molecular weight excluding hydrogens is 362 g/mol. The topological polar surface area (TPSA) is 61.3 Å². The van der Waals surface area contributed by atoms with Crippen LogP contribution in [0.15, 0.2) is 71.5 Å². The Kier molecular flexibility index (Phi) is 4.70. The fourth-order valence-corrected chi connectivity index (χ4v) is 4.56. The van der Waals surface area contributed by atoms with E-state index in [1.54, 1.807) is 0 Å². The Balaban J connectivity index is 1.26. The van der Waals surface area contributed by atoms with Gasteiger partial charge in [-0.1, -0.05) is 48.5 Å². The first-order valence-electron chi connectivity index (χ1n) is 10.3. The van der Waals surface area contributed by atoms with Crippen LogP contribution in [0, 0.1) is 0 Å². The summed E-state index contributed by atoms with van der Waals surface area (Å²) in [7, 11) is 0. The maximum Gasteiger partial charge on any atom is 0.326 e. The first-order chi connectivity index (χ1) is 14.2. The van der Waals surface area contributed by atoms with Crippen LogP contribution in [0.5, 0.6) is 0 Å². The second-order valence-electron chi connectivity index (χ2n) is 7.97. The number of rotatable bonds is 4. The summed E-state index contributed by atoms with van der Waals surface area (Å²) < 4.78 is 1.91. The number of hydrogen-bond acceptors (Lipinski definition) is 3. The highest BCUT2D eigenvalue weighted by molar-refractivity contribution is 5.83. The lowest BCUT2D eigenvalue weighted by Crippen LogP contribution is -2.39. The van der Waals surface area contributed by atoms with Crippen LogP contribution >= 0.6 is 0 Å². The number of piperidine rings is 1. The van der Waals surface area contributed by atoms with Crippen LogP contribution in [-0.2, 0) is 0 Å². The molecule has 4 aromatic rings. The van der Waals surface area contributed by atoms with Crippen molar-refractivity contribution in [2.75, 3.05) is 19.6 Å². The highest BCUT2D eigenvalue weighted by Crippen LogP contribution is 2.27. The molecule has 2 N–H and O–H groups in total. The molecule has 0 spiro atoms. The number of hydrogen-bond donors (Lipinski definition) is 2. The summed E-state index contributed by atoms with van der Waals surface area (Å²) in [6.07, 6.45) is 1.31. The number of likely N-dealkylation sites (tertiary alicyclic amines) is 1. The molecule has 2 heterocycles. The summed E-state index contributed by atoms with van der Waals surface area (Å²) in [4.78, 5) is 17.7. The molecule has 0 amide bonds. The molecule has 0 radical (unpaired) electrons. The zero-order chi connectivity index (χ0) is 19.8. The third-order valence-corrected chi connectivity index (χ3v) is 6.14. The molecule has 1 fully saturated rings. The molecule has 0 aliphatic carbocycles. The first kappa shape index (κ1) is 18.2. The molecule has 1 aromatic heterocycles. The molecule has 1 saturated heterocycles. The quantitative estimate of drug-likeness (QED) is 0.559. The Labute approximate surface area is 169 Å². The van der Waals surface area contributed by atoms with Gasteiger partial charge in [-0.25, -0.2) is 4.79 Å². The van der Waals surface area contributed by atoms with Crippen LogP contribution in [0.3, 0.4) is 0 Å². The summed E-state index contributed by atoms with van der Waals surface area (Å²) >= 11 is 0. The number of imidazole rings is 1. The zero-order valence-electron chi connectivity index (χ0n) is 16.3. The number of aromatic amines is 1. The minimum atomic E-state index is -0.507. The SMILES string of the molecule is O=c1[nH]c2ccccc2n1C1CCN(CC(O)c2ccc3ccccc3c2)CC1. The van der Waals surface area contributed by atoms with E-state index in [2.05, 4.69) is 34.1 Å². The van der Waals surface area contributed by atoms with Gasteiger partial charge in [-0.3, -0.25) is 4.57 Å². The van der Waals surface area contributed by atoms with E-state index in [9.17, 15) is 9.90 Å². The van der Waals surface area contributed by atoms with Gasteiger partial charge in [-0.05, 0) is 47.4 Å². The minimum absolute atomic E-state index is 0.0270. The monoisotopic (exact) mass is 387 g/mol. The molecule has 5 nitrogen and oxygen atoms in total. The molecule has 1 aliphatic heterocycles. The fourth-order valence-electron chi connectivity index (χ4n) is 4.56. The molecule has 1 unspecified atom stereocenters. The van der Waals surface area contributed by atoms with Gasteiger partial charge in [0.25, 0.3) is 0 Å². The summed E-state index contributed by atoms with van der Waals surface area (Å²) in [6.45, 7) is 2.37. The van der Waals surface area contributed by atoms with Crippen molar-refractivity contribution in [2.24, 2.45) is 0 Å². The summed E-state index contributed by atoms with van der Waals surface area (Å²) in [5.74, 6) is 0. The van der Waals surface area contributed by atoms with Crippen LogP contribution < -0.4 is 5.69 Å². The lowest BCUT2D eigenvalue weighted by atomic mass is 10.0. The Hall–Kier alpha value is -2.89. The number of nitrogens with zero attached hydrogens (tertiary/aromatic N) is 2. The van der Waals surface area contributed by atoms with Gasteiger partial charge in [0.05, 0.1) is 17.1 Å². The van der Waals surface area contributed by atoms with Crippen molar-refractivity contribution >= 4 is 21.8 Å². The molecule has 1 aliphatic rings. The van der Waals surface area contributed by atoms with E-state index in [1.165, 1.54) is 5.39 Å². The van der Waals surface area contributed by atoms with E-state index in [1.807, 2.05) is 47.0 Å². The molecular formula is C24H25N3O2. The lowest BCUT2D eigenvalue weighted by molar-refractivity contribution is 0.0907. The summed E-state index contributed by atoms with van der Waals surface area (Å²) in [6, 6.07) is 22.5. The standard InChI is InChI=1S/C24H25N3O2/c28-23(19-10-9-17-5-1-2-6-18(17)15-19)16-26-13-11-20(12-14-26)27-22-8-4-3-7-21(22)25-24(27)29/h1-10,15,20,23,28H,11-14,16H2,(H,25,29). The predicted octanol–water partition coefficient (Wildman–Crippen LogP) is 3.85. The zero-order valence-corrected chi connectivity index (χ0v) is 16.3. The van der Waals surface area contributed by atoms with Gasteiger partial charge in [0.15, 0.2) is 0 Å². The van der Waals surface area contributed by atoms with Gasteiger partial charge < -0.3 is 15.0 Å². The molecule has 3 aromatic carbocycles. The minimum Gasteiger partial charge on any atom is -0.387 e. The number of aliphatic hydroxyl groups excluding tert-OH is 1. The van der Waals surface area contributed by atoms with Crippen molar-refractivity contribution in [3.8, 4) is 0 Å². The summed E-state index contributed by atoms with van der Waals surface area (Å²) in [5.41, 5.74) is 2.80. The first-order valence-corrected chi connectivity index (χ1v) is 10.3. The van der Waals surface area contributed by atoms with Crippen LogP contribution in [0.1, 0.15) is 30.6 Å². The molecule has 0 saturated carbocycles. The highest BCUT2D eigenvalue weighted by atomic mass is 16.3. The maximum atomic E-state index is 12.4. The van der Waals surface area contributed by atoms with E-state index in [-0.39, 0.29) is 11.7 Å². The van der Waals surface area contributed by atoms with Crippen molar-refractivity contribution in [2.45, 2.75) is 25.0 Å². The Morgan fingerprint density at radius 2 is 1.69 bits per heavy atom. The number of aliphatic hydroxyl groups is 1. The van der Waals surface area contributed by atoms with Crippen LogP contribution in [0.4, 0.5) is 0 Å². The number of aromatic nitrogens is 2. The van der Waals surface area contributed by atoms with E-state index in [0.717, 1.165) is 47.9 Å². The van der Waals surface area contributed by atoms with E-state index in [0.29, 0.717) is 6.54 Å². The highest BCUT2D eigenvalue weighted by Gasteiger charge is 2.25. The van der Waals surface area contributed by atoms with Crippen molar-refractivity contribution in [1.82, 2.24) is 14.5 Å². The van der Waals surface area contributed by atoms with Gasteiger partial charge in [0.2, 0.25) is 0 Å². The normalized spacial score (nSPS) is 17.1. The van der Waals surface area contributed by atoms with Crippen LogP contribution in [0.25, 0.3) is 21.8 Å². The molecule has 5 heteroatoms. The average molecular weight is 387 g/mol. The van der Waals surface area contributed by atoms with E-state index in [4.69, 9.17) is 0 Å². The van der Waals surface area contributed by atoms with Crippen LogP contribution in [0.2, 0.25) is 0 Å². The molecule has 148 valence electrons. The smallest absolute Gasteiger partial charge is 0.326 e. The fraction of sp³-hybridized carbons (Fsp3) is 0.292. The van der Waals surface area contributed by atoms with E-state index < -0.39 is 6.10 Å². The summed E-state index contributed by atoms with van der Waals surface area (Å²) in [5, 5.41) is 13.1. The van der Waals surface area contributed by atoms with Gasteiger partial charge in [0, 0.05) is 25.7 Å².